The van der Waals surface area contributed by atoms with E-state index in [9.17, 15) is 4.79 Å². The number of nitrogens with zero attached hydrogens (tertiary/aromatic N) is 1. The van der Waals surface area contributed by atoms with Crippen molar-refractivity contribution in [2.75, 3.05) is 5.32 Å². The summed E-state index contributed by atoms with van der Waals surface area (Å²) < 4.78 is 0. The quantitative estimate of drug-likeness (QED) is 0.649. The van der Waals surface area contributed by atoms with Crippen molar-refractivity contribution in [3.05, 3.63) is 64.1 Å². The zero-order valence-corrected chi connectivity index (χ0v) is 11.8. The fraction of sp³-hybridized carbons (Fsp3) is 0. The lowest BCUT2D eigenvalue weighted by molar-refractivity contribution is 0.252. The van der Waals surface area contributed by atoms with Crippen molar-refractivity contribution in [3.8, 4) is 0 Å². The van der Waals surface area contributed by atoms with E-state index >= 15 is 0 Å². The van der Waals surface area contributed by atoms with Crippen LogP contribution in [0.1, 0.15) is 5.56 Å². The number of para-hydroxylation sites is 1. The Morgan fingerprint density at radius 3 is 2.30 bits per heavy atom. The van der Waals surface area contributed by atoms with Crippen LogP contribution in [0.2, 0.25) is 10.0 Å². The zero-order valence-electron chi connectivity index (χ0n) is 10.3. The molecule has 0 saturated heterocycles. The Morgan fingerprint density at radius 2 is 1.65 bits per heavy atom. The maximum atomic E-state index is 11.6. The van der Waals surface area contributed by atoms with Crippen LogP contribution in [-0.2, 0) is 0 Å². The number of hydrogen-bond acceptors (Lipinski definition) is 2. The first-order valence-electron chi connectivity index (χ1n) is 5.76. The van der Waals surface area contributed by atoms with Crippen LogP contribution < -0.4 is 10.7 Å². The summed E-state index contributed by atoms with van der Waals surface area (Å²) in [5.74, 6) is 0. The van der Waals surface area contributed by atoms with Gasteiger partial charge in [0.1, 0.15) is 0 Å². The van der Waals surface area contributed by atoms with Crippen LogP contribution in [0.3, 0.4) is 0 Å². The smallest absolute Gasteiger partial charge is 0.307 e. The molecule has 0 heterocycles. The van der Waals surface area contributed by atoms with E-state index in [2.05, 4.69) is 15.8 Å². The molecule has 2 aromatic rings. The van der Waals surface area contributed by atoms with Gasteiger partial charge in [-0.15, -0.1) is 0 Å². The molecular weight excluding hydrogens is 297 g/mol. The third kappa shape index (κ3) is 3.98. The molecule has 0 aliphatic heterocycles. The van der Waals surface area contributed by atoms with Gasteiger partial charge in [0.05, 0.1) is 16.3 Å². The minimum Gasteiger partial charge on any atom is -0.307 e. The lowest BCUT2D eigenvalue weighted by atomic mass is 10.2. The molecule has 0 aliphatic carbocycles. The highest BCUT2D eigenvalue weighted by molar-refractivity contribution is 6.38. The van der Waals surface area contributed by atoms with Gasteiger partial charge in [0.15, 0.2) is 0 Å². The number of hydrogen-bond donors (Lipinski definition) is 2. The van der Waals surface area contributed by atoms with E-state index in [4.69, 9.17) is 23.2 Å². The fourth-order valence-corrected chi connectivity index (χ4v) is 1.97. The first-order valence-corrected chi connectivity index (χ1v) is 6.51. The van der Waals surface area contributed by atoms with E-state index < -0.39 is 6.03 Å². The molecule has 0 bridgehead atoms. The van der Waals surface area contributed by atoms with Crippen molar-refractivity contribution in [1.82, 2.24) is 5.43 Å². The molecule has 20 heavy (non-hydrogen) atoms. The lowest BCUT2D eigenvalue weighted by Crippen LogP contribution is -2.24. The van der Waals surface area contributed by atoms with Crippen molar-refractivity contribution < 1.29 is 4.79 Å². The molecular formula is C14H11Cl2N3O. The molecule has 0 saturated carbocycles. The Morgan fingerprint density at radius 1 is 1.00 bits per heavy atom. The summed E-state index contributed by atoms with van der Waals surface area (Å²) in [5, 5.41) is 7.36. The number of anilines is 1. The van der Waals surface area contributed by atoms with Gasteiger partial charge >= 0.3 is 6.03 Å². The average molecular weight is 308 g/mol. The summed E-state index contributed by atoms with van der Waals surface area (Å²) in [6.45, 7) is 0. The largest absolute Gasteiger partial charge is 0.339 e. The first kappa shape index (κ1) is 14.4. The van der Waals surface area contributed by atoms with Gasteiger partial charge in [-0.25, -0.2) is 10.2 Å². The van der Waals surface area contributed by atoms with Crippen LogP contribution in [0.5, 0.6) is 0 Å². The summed E-state index contributed by atoms with van der Waals surface area (Å²) in [6, 6.07) is 13.7. The number of amides is 2. The van der Waals surface area contributed by atoms with Crippen LogP contribution in [-0.4, -0.2) is 12.2 Å². The maximum Gasteiger partial charge on any atom is 0.339 e. The number of nitrogens with one attached hydrogen (secondary N) is 2. The molecule has 6 heteroatoms. The number of carbonyl (C=O) groups excluding carboxylic acids is 1. The van der Waals surface area contributed by atoms with Gasteiger partial charge < -0.3 is 5.32 Å². The van der Waals surface area contributed by atoms with Crippen LogP contribution >= 0.6 is 23.2 Å². The highest BCUT2D eigenvalue weighted by atomic mass is 35.5. The van der Waals surface area contributed by atoms with E-state index in [-0.39, 0.29) is 0 Å². The summed E-state index contributed by atoms with van der Waals surface area (Å²) >= 11 is 11.9. The lowest BCUT2D eigenvalue weighted by Gasteiger charge is -2.04. The number of hydrazone groups is 1. The Labute approximate surface area is 126 Å². The molecule has 0 spiro atoms. The van der Waals surface area contributed by atoms with E-state index in [0.29, 0.717) is 21.3 Å². The second-order valence-corrected chi connectivity index (χ2v) is 4.64. The second-order valence-electron chi connectivity index (χ2n) is 3.83. The number of benzene rings is 2. The molecule has 4 nitrogen and oxygen atoms in total. The molecule has 0 fully saturated rings. The highest BCUT2D eigenvalue weighted by Gasteiger charge is 2.03. The van der Waals surface area contributed by atoms with E-state index in [0.717, 1.165) is 0 Å². The van der Waals surface area contributed by atoms with Gasteiger partial charge in [-0.1, -0.05) is 47.5 Å². The standard InChI is InChI=1S/C14H11Cl2N3O/c15-12-7-4-8-13(16)11(12)9-17-19-14(20)18-10-5-2-1-3-6-10/h1-9H,(H2,18,19,20). The van der Waals surface area contributed by atoms with Crippen molar-refractivity contribution in [2.45, 2.75) is 0 Å². The number of rotatable bonds is 3. The van der Waals surface area contributed by atoms with Crippen molar-refractivity contribution in [2.24, 2.45) is 5.10 Å². The second kappa shape index (κ2) is 6.93. The summed E-state index contributed by atoms with van der Waals surface area (Å²) in [4.78, 5) is 11.6. The van der Waals surface area contributed by atoms with Gasteiger partial charge in [-0.3, -0.25) is 0 Å². The first-order chi connectivity index (χ1) is 9.66. The van der Waals surface area contributed by atoms with Crippen molar-refractivity contribution in [1.29, 1.82) is 0 Å². The number of halogens is 2. The van der Waals surface area contributed by atoms with Crippen LogP contribution in [0.25, 0.3) is 0 Å². The third-order valence-electron chi connectivity index (χ3n) is 2.39. The van der Waals surface area contributed by atoms with Crippen LogP contribution in [0.15, 0.2) is 53.6 Å². The Balaban J connectivity index is 1.95. The average Bonchev–Trinajstić information content (AvgIpc) is 2.43. The van der Waals surface area contributed by atoms with E-state index in [1.165, 1.54) is 6.21 Å². The summed E-state index contributed by atoms with van der Waals surface area (Å²) in [6.07, 6.45) is 1.40. The van der Waals surface area contributed by atoms with Crippen molar-refractivity contribution >= 4 is 41.1 Å². The Bertz CT molecular complexity index is 609. The molecule has 2 aromatic carbocycles. The van der Waals surface area contributed by atoms with E-state index in [1.54, 1.807) is 30.3 Å². The zero-order chi connectivity index (χ0) is 14.4. The molecule has 102 valence electrons. The molecule has 0 aliphatic rings. The molecule has 0 radical (unpaired) electrons. The fourth-order valence-electron chi connectivity index (χ4n) is 1.47. The predicted octanol–water partition coefficient (Wildman–Crippen LogP) is 4.15. The molecule has 2 amide bonds. The normalized spacial score (nSPS) is 10.5. The monoisotopic (exact) mass is 307 g/mol. The van der Waals surface area contributed by atoms with Crippen molar-refractivity contribution in [3.63, 3.8) is 0 Å². The topological polar surface area (TPSA) is 53.5 Å². The molecule has 2 rings (SSSR count). The number of carbonyl (C=O) groups is 1. The summed E-state index contributed by atoms with van der Waals surface area (Å²) in [5.41, 5.74) is 3.56. The minimum absolute atomic E-state index is 0.448. The summed E-state index contributed by atoms with van der Waals surface area (Å²) in [7, 11) is 0. The molecule has 0 aromatic heterocycles. The maximum absolute atomic E-state index is 11.6. The van der Waals surface area contributed by atoms with Crippen LogP contribution in [0.4, 0.5) is 10.5 Å². The van der Waals surface area contributed by atoms with Gasteiger partial charge in [-0.2, -0.15) is 5.10 Å². The third-order valence-corrected chi connectivity index (χ3v) is 3.05. The molecule has 0 unspecified atom stereocenters. The highest BCUT2D eigenvalue weighted by Crippen LogP contribution is 2.21. The van der Waals surface area contributed by atoms with Gasteiger partial charge in [0.25, 0.3) is 0 Å². The van der Waals surface area contributed by atoms with E-state index in [1.807, 2.05) is 18.2 Å². The Hall–Kier alpha value is -2.04. The van der Waals surface area contributed by atoms with Gasteiger partial charge in [0, 0.05) is 11.3 Å². The van der Waals surface area contributed by atoms with Gasteiger partial charge in [0.2, 0.25) is 0 Å². The van der Waals surface area contributed by atoms with Gasteiger partial charge in [-0.05, 0) is 24.3 Å². The SMILES string of the molecule is O=C(NN=Cc1c(Cl)cccc1Cl)Nc1ccccc1. The van der Waals surface area contributed by atoms with Crippen LogP contribution in [0, 0.1) is 0 Å². The Kier molecular flexibility index (Phi) is 4.98. The predicted molar refractivity (Wildman–Crippen MR) is 82.7 cm³/mol. The molecule has 0 atom stereocenters. The minimum atomic E-state index is -0.448. The number of urea groups is 1. The molecule has 2 N–H and O–H groups in total.